The molecule has 0 bridgehead atoms. The molecule has 0 spiro atoms. The summed E-state index contributed by atoms with van der Waals surface area (Å²) < 4.78 is 7.27. The molecule has 0 atom stereocenters. The highest BCUT2D eigenvalue weighted by atomic mass is 15.0. The Hall–Kier alpha value is -6.91. The van der Waals surface area contributed by atoms with Crippen LogP contribution >= 0.6 is 0 Å². The summed E-state index contributed by atoms with van der Waals surface area (Å²) in [6.45, 7) is 0. The van der Waals surface area contributed by atoms with Crippen LogP contribution in [0, 0.1) is 0 Å². The van der Waals surface area contributed by atoms with Crippen LogP contribution in [-0.4, -0.2) is 18.7 Å². The molecule has 7 aromatic carbocycles. The number of pyridine rings is 1. The molecule has 0 saturated heterocycles. The third-order valence-electron chi connectivity index (χ3n) is 10.5. The van der Waals surface area contributed by atoms with E-state index in [1.807, 2.05) is 12.4 Å². The Kier molecular flexibility index (Phi) is 5.92. The number of aromatic nitrogens is 4. The summed E-state index contributed by atoms with van der Waals surface area (Å²) >= 11 is 0. The van der Waals surface area contributed by atoms with Crippen molar-refractivity contribution in [1.29, 1.82) is 0 Å². The molecule has 4 aromatic heterocycles. The van der Waals surface area contributed by atoms with E-state index >= 15 is 0 Å². The van der Waals surface area contributed by atoms with Gasteiger partial charge < -0.3 is 13.7 Å². The molecule has 11 aromatic rings. The van der Waals surface area contributed by atoms with E-state index in [1.54, 1.807) is 0 Å². The quantitative estimate of drug-likeness (QED) is 0.186. The van der Waals surface area contributed by atoms with Gasteiger partial charge in [-0.25, -0.2) is 0 Å². The van der Waals surface area contributed by atoms with Gasteiger partial charge in [-0.1, -0.05) is 109 Å². The number of hydrogen-bond donors (Lipinski definition) is 0. The van der Waals surface area contributed by atoms with Crippen LogP contribution in [0.2, 0.25) is 0 Å². The highest BCUT2D eigenvalue weighted by Crippen LogP contribution is 2.42. The Morgan fingerprint density at radius 2 is 0.824 bits per heavy atom. The summed E-state index contributed by atoms with van der Waals surface area (Å²) in [5.41, 5.74) is 12.9. The van der Waals surface area contributed by atoms with Crippen molar-refractivity contribution >= 4 is 65.4 Å². The lowest BCUT2D eigenvalue weighted by Crippen LogP contribution is -1.99. The minimum Gasteiger partial charge on any atom is -0.309 e. The number of para-hydroxylation sites is 4. The van der Waals surface area contributed by atoms with Gasteiger partial charge in [0.2, 0.25) is 0 Å². The number of benzene rings is 7. The van der Waals surface area contributed by atoms with Gasteiger partial charge in [0.05, 0.1) is 33.1 Å². The zero-order valence-corrected chi connectivity index (χ0v) is 27.6. The molecule has 0 aliphatic rings. The first-order chi connectivity index (χ1) is 25.3. The molecule has 0 saturated carbocycles. The molecule has 238 valence electrons. The second kappa shape index (κ2) is 10.8. The molecule has 0 aliphatic carbocycles. The molecule has 4 nitrogen and oxygen atoms in total. The minimum absolute atomic E-state index is 1.13. The van der Waals surface area contributed by atoms with Gasteiger partial charge in [-0.2, -0.15) is 0 Å². The van der Waals surface area contributed by atoms with Gasteiger partial charge in [-0.05, 0) is 71.8 Å². The molecule has 0 radical (unpaired) electrons. The Bertz CT molecular complexity index is 3130. The lowest BCUT2D eigenvalue weighted by atomic mass is 10.0. The molecule has 4 heteroatoms. The zero-order chi connectivity index (χ0) is 33.5. The van der Waals surface area contributed by atoms with Gasteiger partial charge in [-0.3, -0.25) is 4.98 Å². The smallest absolute Gasteiger partial charge is 0.0788 e. The number of rotatable bonds is 4. The van der Waals surface area contributed by atoms with E-state index in [0.717, 1.165) is 33.5 Å². The Balaban J connectivity index is 1.20. The molecule has 0 N–H and O–H groups in total. The van der Waals surface area contributed by atoms with Gasteiger partial charge in [0.25, 0.3) is 0 Å². The third-order valence-corrected chi connectivity index (χ3v) is 10.5. The predicted molar refractivity (Wildman–Crippen MR) is 213 cm³/mol. The third kappa shape index (κ3) is 4.05. The first-order valence-corrected chi connectivity index (χ1v) is 17.4. The Morgan fingerprint density at radius 3 is 1.51 bits per heavy atom. The van der Waals surface area contributed by atoms with Gasteiger partial charge >= 0.3 is 0 Å². The topological polar surface area (TPSA) is 27.7 Å². The lowest BCUT2D eigenvalue weighted by molar-refractivity contribution is 1.15. The largest absolute Gasteiger partial charge is 0.309 e. The second-order valence-corrected chi connectivity index (χ2v) is 13.2. The highest BCUT2D eigenvalue weighted by molar-refractivity contribution is 6.23. The van der Waals surface area contributed by atoms with Crippen molar-refractivity contribution < 1.29 is 0 Å². The summed E-state index contributed by atoms with van der Waals surface area (Å²) in [7, 11) is 0. The SMILES string of the molecule is c1ccc(-n2c3ccncc3c3ccc(-c4cccc(-n5c6ccccc6c6ccc7c8ccccc8n(-c8ccccc8)c7c65)c4)cc32)cc1. The van der Waals surface area contributed by atoms with E-state index in [1.165, 1.54) is 60.1 Å². The van der Waals surface area contributed by atoms with Crippen LogP contribution in [0.3, 0.4) is 0 Å². The molecule has 0 fully saturated rings. The average molecular weight is 651 g/mol. The van der Waals surface area contributed by atoms with E-state index < -0.39 is 0 Å². The summed E-state index contributed by atoms with van der Waals surface area (Å²) in [5, 5.41) is 7.33. The highest BCUT2D eigenvalue weighted by Gasteiger charge is 2.21. The maximum Gasteiger partial charge on any atom is 0.0788 e. The fourth-order valence-corrected chi connectivity index (χ4v) is 8.34. The van der Waals surface area contributed by atoms with E-state index in [9.17, 15) is 0 Å². The van der Waals surface area contributed by atoms with Crippen molar-refractivity contribution in [3.63, 3.8) is 0 Å². The van der Waals surface area contributed by atoms with Crippen molar-refractivity contribution in [2.24, 2.45) is 0 Å². The fraction of sp³-hybridized carbons (Fsp3) is 0. The maximum absolute atomic E-state index is 4.48. The van der Waals surface area contributed by atoms with Crippen LogP contribution in [0.25, 0.3) is 93.6 Å². The van der Waals surface area contributed by atoms with Gasteiger partial charge in [0, 0.05) is 61.8 Å². The zero-order valence-electron chi connectivity index (χ0n) is 27.6. The van der Waals surface area contributed by atoms with Gasteiger partial charge in [-0.15, -0.1) is 0 Å². The monoisotopic (exact) mass is 650 g/mol. The van der Waals surface area contributed by atoms with Gasteiger partial charge in [0.15, 0.2) is 0 Å². The fourth-order valence-electron chi connectivity index (χ4n) is 8.34. The van der Waals surface area contributed by atoms with E-state index in [4.69, 9.17) is 0 Å². The number of hydrogen-bond acceptors (Lipinski definition) is 1. The van der Waals surface area contributed by atoms with Crippen LogP contribution in [0.5, 0.6) is 0 Å². The van der Waals surface area contributed by atoms with Crippen LogP contribution in [0.15, 0.2) is 182 Å². The van der Waals surface area contributed by atoms with Crippen molar-refractivity contribution in [1.82, 2.24) is 18.7 Å². The molecular weight excluding hydrogens is 621 g/mol. The van der Waals surface area contributed by atoms with E-state index in [2.05, 4.69) is 189 Å². The summed E-state index contributed by atoms with van der Waals surface area (Å²) in [6.07, 6.45) is 3.86. The van der Waals surface area contributed by atoms with E-state index in [-0.39, 0.29) is 0 Å². The Morgan fingerprint density at radius 1 is 0.314 bits per heavy atom. The molecule has 0 aliphatic heterocycles. The van der Waals surface area contributed by atoms with Gasteiger partial charge in [0.1, 0.15) is 0 Å². The van der Waals surface area contributed by atoms with Crippen LogP contribution < -0.4 is 0 Å². The first kappa shape index (κ1) is 28.0. The second-order valence-electron chi connectivity index (χ2n) is 13.2. The van der Waals surface area contributed by atoms with Crippen molar-refractivity contribution in [3.8, 4) is 28.2 Å². The summed E-state index contributed by atoms with van der Waals surface area (Å²) in [5.74, 6) is 0. The normalized spacial score (nSPS) is 11.9. The number of nitrogens with zero attached hydrogens (tertiary/aromatic N) is 4. The number of fused-ring (bicyclic) bond motifs is 10. The van der Waals surface area contributed by atoms with E-state index in [0.29, 0.717) is 0 Å². The molecule has 0 amide bonds. The van der Waals surface area contributed by atoms with Crippen LogP contribution in [0.1, 0.15) is 0 Å². The lowest BCUT2D eigenvalue weighted by Gasteiger charge is -2.14. The Labute approximate surface area is 293 Å². The summed E-state index contributed by atoms with van der Waals surface area (Å²) in [4.78, 5) is 4.48. The molecule has 11 rings (SSSR count). The van der Waals surface area contributed by atoms with Crippen molar-refractivity contribution in [3.05, 3.63) is 182 Å². The van der Waals surface area contributed by atoms with Crippen molar-refractivity contribution in [2.45, 2.75) is 0 Å². The standard InChI is InChI=1S/C47H30N4/c1-3-13-33(14-4-1)49-44-26-27-48-30-41(44)38-23-22-32(29-45(38)49)31-12-11-17-35(28-31)51-43-21-10-8-19-37(43)40-25-24-39-36-18-7-9-20-42(36)50(46(39)47(40)51)34-15-5-2-6-16-34/h1-30H. The predicted octanol–water partition coefficient (Wildman–Crippen LogP) is 12.0. The molecule has 4 heterocycles. The molecular formula is C47H30N4. The minimum atomic E-state index is 1.13. The maximum atomic E-state index is 4.48. The first-order valence-electron chi connectivity index (χ1n) is 17.4. The molecule has 51 heavy (non-hydrogen) atoms. The summed E-state index contributed by atoms with van der Waals surface area (Å²) in [6, 6.07) is 61.5. The van der Waals surface area contributed by atoms with Crippen molar-refractivity contribution in [2.75, 3.05) is 0 Å². The van der Waals surface area contributed by atoms with Crippen LogP contribution in [0.4, 0.5) is 0 Å². The van der Waals surface area contributed by atoms with Crippen LogP contribution in [-0.2, 0) is 0 Å². The average Bonchev–Trinajstić information content (AvgIpc) is 3.84. The molecule has 0 unspecified atom stereocenters.